The van der Waals surface area contributed by atoms with Crippen LogP contribution in [-0.2, 0) is 9.59 Å². The van der Waals surface area contributed by atoms with Crippen LogP contribution in [0.25, 0.3) is 0 Å². The molecule has 1 aliphatic heterocycles. The van der Waals surface area contributed by atoms with Gasteiger partial charge in [0, 0.05) is 6.20 Å². The van der Waals surface area contributed by atoms with Crippen molar-refractivity contribution in [2.24, 2.45) is 0 Å². The van der Waals surface area contributed by atoms with E-state index in [1.54, 1.807) is 24.4 Å². The van der Waals surface area contributed by atoms with Crippen LogP contribution in [0.3, 0.4) is 0 Å². The van der Waals surface area contributed by atoms with Gasteiger partial charge in [0.25, 0.3) is 0 Å². The normalized spacial score (nSPS) is 15.5. The number of hydrogen-bond acceptors (Lipinski definition) is 5. The first-order chi connectivity index (χ1) is 11.6. The SMILES string of the molecule is Cc1ccc(NC(=O)C(=O)NCC2COc3ccccc3O2)nc1. The van der Waals surface area contributed by atoms with E-state index in [2.05, 4.69) is 15.6 Å². The summed E-state index contributed by atoms with van der Waals surface area (Å²) in [7, 11) is 0. The number of nitrogens with one attached hydrogen (secondary N) is 2. The second-order valence-corrected chi connectivity index (χ2v) is 5.38. The molecule has 2 amide bonds. The Hall–Kier alpha value is -3.09. The molecule has 1 atom stereocenters. The third-order valence-electron chi connectivity index (χ3n) is 3.42. The van der Waals surface area contributed by atoms with Crippen molar-refractivity contribution >= 4 is 17.6 Å². The van der Waals surface area contributed by atoms with Gasteiger partial charge in [-0.3, -0.25) is 9.59 Å². The molecule has 3 rings (SSSR count). The Labute approximate surface area is 139 Å². The van der Waals surface area contributed by atoms with Gasteiger partial charge in [0.1, 0.15) is 18.5 Å². The van der Waals surface area contributed by atoms with Gasteiger partial charge in [-0.05, 0) is 30.7 Å². The molecule has 124 valence electrons. The number of benzene rings is 1. The van der Waals surface area contributed by atoms with Crippen molar-refractivity contribution in [3.05, 3.63) is 48.2 Å². The zero-order valence-corrected chi connectivity index (χ0v) is 13.1. The second-order valence-electron chi connectivity index (χ2n) is 5.38. The van der Waals surface area contributed by atoms with Crippen molar-refractivity contribution in [1.82, 2.24) is 10.3 Å². The maximum Gasteiger partial charge on any atom is 0.314 e. The highest BCUT2D eigenvalue weighted by molar-refractivity contribution is 6.39. The van der Waals surface area contributed by atoms with Gasteiger partial charge in [-0.1, -0.05) is 18.2 Å². The zero-order chi connectivity index (χ0) is 16.9. The van der Waals surface area contributed by atoms with Gasteiger partial charge in [0.2, 0.25) is 0 Å². The number of hydrogen-bond donors (Lipinski definition) is 2. The summed E-state index contributed by atoms with van der Waals surface area (Å²) in [6.45, 7) is 2.36. The van der Waals surface area contributed by atoms with Crippen molar-refractivity contribution in [2.75, 3.05) is 18.5 Å². The van der Waals surface area contributed by atoms with E-state index in [1.165, 1.54) is 0 Å². The monoisotopic (exact) mass is 327 g/mol. The molecule has 2 heterocycles. The van der Waals surface area contributed by atoms with Crippen LogP contribution in [0.4, 0.5) is 5.82 Å². The lowest BCUT2D eigenvalue weighted by atomic mass is 10.2. The fourth-order valence-corrected chi connectivity index (χ4v) is 2.17. The van der Waals surface area contributed by atoms with Crippen molar-refractivity contribution in [2.45, 2.75) is 13.0 Å². The number of rotatable bonds is 3. The van der Waals surface area contributed by atoms with Crippen LogP contribution in [-0.4, -0.2) is 36.1 Å². The van der Waals surface area contributed by atoms with Crippen LogP contribution < -0.4 is 20.1 Å². The quantitative estimate of drug-likeness (QED) is 0.829. The Bertz CT molecular complexity index is 746. The molecule has 1 aromatic heterocycles. The molecule has 7 nitrogen and oxygen atoms in total. The molecule has 24 heavy (non-hydrogen) atoms. The number of carbonyl (C=O) groups excluding carboxylic acids is 2. The standard InChI is InChI=1S/C17H17N3O4/c1-11-6-7-15(18-8-11)20-17(22)16(21)19-9-12-10-23-13-4-2-3-5-14(13)24-12/h2-8,12H,9-10H2,1H3,(H,19,21)(H,18,20,22). The van der Waals surface area contributed by atoms with Crippen molar-refractivity contribution in [3.8, 4) is 11.5 Å². The van der Waals surface area contributed by atoms with Crippen LogP contribution in [0.15, 0.2) is 42.6 Å². The highest BCUT2D eigenvalue weighted by Crippen LogP contribution is 2.30. The Morgan fingerprint density at radius 3 is 2.71 bits per heavy atom. The van der Waals surface area contributed by atoms with Gasteiger partial charge < -0.3 is 20.1 Å². The summed E-state index contributed by atoms with van der Waals surface area (Å²) in [5, 5.41) is 4.97. The van der Waals surface area contributed by atoms with Gasteiger partial charge in [-0.25, -0.2) is 4.98 Å². The molecule has 0 aliphatic carbocycles. The largest absolute Gasteiger partial charge is 0.486 e. The zero-order valence-electron chi connectivity index (χ0n) is 13.1. The lowest BCUT2D eigenvalue weighted by molar-refractivity contribution is -0.136. The Balaban J connectivity index is 1.49. The lowest BCUT2D eigenvalue weighted by Crippen LogP contribution is -2.44. The number of amides is 2. The average molecular weight is 327 g/mol. The topological polar surface area (TPSA) is 89.6 Å². The van der Waals surface area contributed by atoms with Crippen LogP contribution in [0.2, 0.25) is 0 Å². The van der Waals surface area contributed by atoms with Gasteiger partial charge in [-0.15, -0.1) is 0 Å². The Kier molecular flexibility index (Phi) is 4.60. The predicted octanol–water partition coefficient (Wildman–Crippen LogP) is 1.28. The molecule has 0 radical (unpaired) electrons. The van der Waals surface area contributed by atoms with E-state index in [1.807, 2.05) is 25.1 Å². The predicted molar refractivity (Wildman–Crippen MR) is 87.0 cm³/mol. The minimum absolute atomic E-state index is 0.169. The van der Waals surface area contributed by atoms with E-state index in [0.29, 0.717) is 23.9 Å². The molecular formula is C17H17N3O4. The molecule has 0 bridgehead atoms. The van der Waals surface area contributed by atoms with E-state index in [0.717, 1.165) is 5.56 Å². The lowest BCUT2D eigenvalue weighted by Gasteiger charge is -2.26. The molecule has 1 unspecified atom stereocenters. The fourth-order valence-electron chi connectivity index (χ4n) is 2.17. The third kappa shape index (κ3) is 3.81. The molecule has 1 aliphatic rings. The summed E-state index contributed by atoms with van der Waals surface area (Å²) >= 11 is 0. The van der Waals surface area contributed by atoms with Crippen molar-refractivity contribution in [3.63, 3.8) is 0 Å². The molecule has 0 spiro atoms. The Morgan fingerprint density at radius 2 is 1.96 bits per heavy atom. The number of pyridine rings is 1. The van der Waals surface area contributed by atoms with Gasteiger partial charge in [0.15, 0.2) is 11.5 Å². The molecule has 0 saturated heterocycles. The van der Waals surface area contributed by atoms with E-state index in [9.17, 15) is 9.59 Å². The summed E-state index contributed by atoms with van der Waals surface area (Å²) in [5.74, 6) is 0.0924. The van der Waals surface area contributed by atoms with Crippen LogP contribution in [0.1, 0.15) is 5.56 Å². The molecule has 0 fully saturated rings. The van der Waals surface area contributed by atoms with Crippen LogP contribution in [0, 0.1) is 6.92 Å². The van der Waals surface area contributed by atoms with E-state index in [4.69, 9.17) is 9.47 Å². The fraction of sp³-hybridized carbons (Fsp3) is 0.235. The number of para-hydroxylation sites is 2. The smallest absolute Gasteiger partial charge is 0.314 e. The minimum Gasteiger partial charge on any atom is -0.486 e. The average Bonchev–Trinajstić information content (AvgIpc) is 2.61. The second kappa shape index (κ2) is 6.99. The highest BCUT2D eigenvalue weighted by Gasteiger charge is 2.22. The van der Waals surface area contributed by atoms with E-state index in [-0.39, 0.29) is 12.6 Å². The first kappa shape index (κ1) is 15.8. The molecule has 0 saturated carbocycles. The summed E-state index contributed by atoms with van der Waals surface area (Å²) in [4.78, 5) is 27.7. The maximum atomic E-state index is 11.9. The number of carbonyl (C=O) groups is 2. The first-order valence-electron chi connectivity index (χ1n) is 7.52. The number of fused-ring (bicyclic) bond motifs is 1. The third-order valence-corrected chi connectivity index (χ3v) is 3.42. The van der Waals surface area contributed by atoms with Crippen molar-refractivity contribution < 1.29 is 19.1 Å². The van der Waals surface area contributed by atoms with Crippen LogP contribution >= 0.6 is 0 Å². The van der Waals surface area contributed by atoms with Crippen molar-refractivity contribution in [1.29, 1.82) is 0 Å². The molecule has 2 N–H and O–H groups in total. The Morgan fingerprint density at radius 1 is 1.17 bits per heavy atom. The first-order valence-corrected chi connectivity index (χ1v) is 7.52. The number of aryl methyl sites for hydroxylation is 1. The summed E-state index contributed by atoms with van der Waals surface area (Å²) in [6.07, 6.45) is 1.26. The van der Waals surface area contributed by atoms with Crippen LogP contribution in [0.5, 0.6) is 11.5 Å². The maximum absolute atomic E-state index is 11.9. The summed E-state index contributed by atoms with van der Waals surface area (Å²) in [5.41, 5.74) is 0.965. The summed E-state index contributed by atoms with van der Waals surface area (Å²) in [6, 6.07) is 10.7. The van der Waals surface area contributed by atoms with E-state index >= 15 is 0 Å². The van der Waals surface area contributed by atoms with Gasteiger partial charge >= 0.3 is 11.8 Å². The molecular weight excluding hydrogens is 310 g/mol. The number of ether oxygens (including phenoxy) is 2. The minimum atomic E-state index is -0.775. The van der Waals surface area contributed by atoms with Gasteiger partial charge in [-0.2, -0.15) is 0 Å². The molecule has 1 aromatic carbocycles. The molecule has 7 heteroatoms. The van der Waals surface area contributed by atoms with E-state index < -0.39 is 11.8 Å². The number of aromatic nitrogens is 1. The number of nitrogens with zero attached hydrogens (tertiary/aromatic N) is 1. The molecule has 2 aromatic rings. The number of anilines is 1. The van der Waals surface area contributed by atoms with Gasteiger partial charge in [0.05, 0.1) is 6.54 Å². The highest BCUT2D eigenvalue weighted by atomic mass is 16.6. The summed E-state index contributed by atoms with van der Waals surface area (Å²) < 4.78 is 11.3.